The summed E-state index contributed by atoms with van der Waals surface area (Å²) in [4.78, 5) is 38.0. The molecule has 4 rings (SSSR count). The van der Waals surface area contributed by atoms with Crippen LogP contribution >= 0.6 is 50.3 Å². The molecule has 1 saturated heterocycles. The van der Waals surface area contributed by atoms with Crippen molar-refractivity contribution in [3.8, 4) is 11.5 Å². The van der Waals surface area contributed by atoms with Crippen molar-refractivity contribution in [2.75, 3.05) is 12.4 Å². The largest absolute Gasteiger partial charge is 0.493 e. The highest BCUT2D eigenvalue weighted by Gasteiger charge is 2.35. The molecule has 0 aromatic heterocycles. The van der Waals surface area contributed by atoms with E-state index < -0.39 is 16.0 Å². The van der Waals surface area contributed by atoms with E-state index in [1.807, 2.05) is 46.9 Å². The summed E-state index contributed by atoms with van der Waals surface area (Å²) in [6.07, 6.45) is 1.55. The lowest BCUT2D eigenvalue weighted by molar-refractivity contribution is -0.123. The van der Waals surface area contributed by atoms with Gasteiger partial charge in [0.1, 0.15) is 4.90 Å². The van der Waals surface area contributed by atoms with Crippen LogP contribution in [-0.4, -0.2) is 37.5 Å². The first kappa shape index (κ1) is 29.1. The van der Waals surface area contributed by atoms with Crippen molar-refractivity contribution in [2.24, 2.45) is 0 Å². The van der Waals surface area contributed by atoms with Crippen LogP contribution in [0, 0.1) is 3.57 Å². The van der Waals surface area contributed by atoms with E-state index in [9.17, 15) is 22.8 Å². The Morgan fingerprint density at radius 3 is 2.38 bits per heavy atom. The summed E-state index contributed by atoms with van der Waals surface area (Å²) in [7, 11) is -2.87. The number of imide groups is 1. The molecule has 1 N–H and O–H groups in total. The highest BCUT2D eigenvalue weighted by molar-refractivity contribution is 14.1. The molecule has 1 aliphatic rings. The number of nitrogens with one attached hydrogen (secondary N) is 1. The van der Waals surface area contributed by atoms with Crippen molar-refractivity contribution in [1.82, 2.24) is 4.90 Å². The van der Waals surface area contributed by atoms with Gasteiger partial charge in [-0.1, -0.05) is 28.1 Å². The second-order valence-corrected chi connectivity index (χ2v) is 12.8. The van der Waals surface area contributed by atoms with Gasteiger partial charge >= 0.3 is 10.1 Å². The third kappa shape index (κ3) is 7.01. The van der Waals surface area contributed by atoms with E-state index >= 15 is 0 Å². The molecule has 0 spiro atoms. The molecule has 0 unspecified atom stereocenters. The van der Waals surface area contributed by atoms with Crippen molar-refractivity contribution >= 4 is 89.2 Å². The van der Waals surface area contributed by atoms with Crippen LogP contribution in [0.5, 0.6) is 11.5 Å². The quantitative estimate of drug-likeness (QED) is 0.169. The maximum atomic E-state index is 13.0. The molecule has 0 saturated carbocycles. The smallest absolute Gasteiger partial charge is 0.339 e. The fraction of sp³-hybridized carbons (Fsp3) is 0.115. The van der Waals surface area contributed by atoms with Crippen LogP contribution in [0.2, 0.25) is 0 Å². The zero-order valence-electron chi connectivity index (χ0n) is 20.4. The minimum Gasteiger partial charge on any atom is -0.493 e. The number of hydrogen-bond acceptors (Lipinski definition) is 8. The van der Waals surface area contributed by atoms with Crippen LogP contribution in [-0.2, 0) is 26.3 Å². The molecular weight excluding hydrogens is 723 g/mol. The van der Waals surface area contributed by atoms with E-state index in [1.54, 1.807) is 12.1 Å². The first-order chi connectivity index (χ1) is 18.5. The Hall–Kier alpha value is -2.88. The van der Waals surface area contributed by atoms with Crippen molar-refractivity contribution in [1.29, 1.82) is 0 Å². The summed E-state index contributed by atoms with van der Waals surface area (Å²) in [5.41, 5.74) is 1.78. The average Bonchev–Trinajstić information content (AvgIpc) is 3.13. The maximum Gasteiger partial charge on any atom is 0.339 e. The van der Waals surface area contributed by atoms with Crippen LogP contribution < -0.4 is 14.2 Å². The number of ether oxygens (including phenoxy) is 1. The van der Waals surface area contributed by atoms with E-state index in [1.165, 1.54) is 49.3 Å². The van der Waals surface area contributed by atoms with Crippen LogP contribution in [0.15, 0.2) is 74.9 Å². The molecule has 1 heterocycles. The highest BCUT2D eigenvalue weighted by Crippen LogP contribution is 2.39. The Morgan fingerprint density at radius 1 is 1.10 bits per heavy atom. The standard InChI is InChI=1S/C26H20BrIN2O7S2/c1-15(31)29-19-7-9-20(10-8-19)39(34,35)37-24-21(28)11-17(12-22(24)36-2)13-23-25(32)30(26(33)38-23)14-16-3-5-18(27)6-4-16/h3-13H,14H2,1-2H3,(H,29,31)/b23-13-. The Labute approximate surface area is 251 Å². The Morgan fingerprint density at radius 2 is 1.77 bits per heavy atom. The Bertz CT molecular complexity index is 1590. The number of methoxy groups -OCH3 is 1. The number of amides is 3. The second kappa shape index (κ2) is 12.1. The molecule has 9 nitrogen and oxygen atoms in total. The van der Waals surface area contributed by atoms with E-state index in [4.69, 9.17) is 8.92 Å². The van der Waals surface area contributed by atoms with Gasteiger partial charge in [0.05, 0.1) is 22.1 Å². The normalized spacial score (nSPS) is 14.6. The summed E-state index contributed by atoms with van der Waals surface area (Å²) in [6, 6.07) is 16.0. The third-order valence-corrected chi connectivity index (χ3v) is 8.81. The molecule has 0 atom stereocenters. The number of benzene rings is 3. The van der Waals surface area contributed by atoms with Crippen LogP contribution in [0.1, 0.15) is 18.1 Å². The van der Waals surface area contributed by atoms with Crippen molar-refractivity contribution in [3.63, 3.8) is 0 Å². The number of carbonyl (C=O) groups excluding carboxylic acids is 3. The number of anilines is 1. The Kier molecular flexibility index (Phi) is 9.03. The molecule has 3 amide bonds. The molecule has 13 heteroatoms. The monoisotopic (exact) mass is 742 g/mol. The number of halogens is 2. The van der Waals surface area contributed by atoms with E-state index in [0.29, 0.717) is 14.8 Å². The SMILES string of the molecule is COc1cc(/C=C2\SC(=O)N(Cc3ccc(Br)cc3)C2=O)cc(I)c1OS(=O)(=O)c1ccc(NC(C)=O)cc1. The van der Waals surface area contributed by atoms with Gasteiger partial charge in [0.25, 0.3) is 11.1 Å². The summed E-state index contributed by atoms with van der Waals surface area (Å²) in [5.74, 6) is -0.603. The first-order valence-corrected chi connectivity index (χ1v) is 15.3. The molecule has 202 valence electrons. The molecule has 3 aromatic carbocycles. The first-order valence-electron chi connectivity index (χ1n) is 11.2. The number of thioether (sulfide) groups is 1. The van der Waals surface area contributed by atoms with Crippen LogP contribution in [0.4, 0.5) is 10.5 Å². The molecule has 0 radical (unpaired) electrons. The summed E-state index contributed by atoms with van der Waals surface area (Å²) >= 11 is 6.10. The van der Waals surface area contributed by atoms with Gasteiger partial charge in [0.2, 0.25) is 5.91 Å². The molecule has 0 aliphatic carbocycles. The number of hydrogen-bond donors (Lipinski definition) is 1. The maximum absolute atomic E-state index is 13.0. The van der Waals surface area contributed by atoms with Crippen molar-refractivity contribution in [2.45, 2.75) is 18.4 Å². The van der Waals surface area contributed by atoms with Gasteiger partial charge in [0.15, 0.2) is 11.5 Å². The molecule has 39 heavy (non-hydrogen) atoms. The zero-order valence-corrected chi connectivity index (χ0v) is 25.8. The van der Waals surface area contributed by atoms with Gasteiger partial charge in [-0.05, 0) is 100 Å². The summed E-state index contributed by atoms with van der Waals surface area (Å²) in [6.45, 7) is 1.49. The predicted octanol–water partition coefficient (Wildman–Crippen LogP) is 6.02. The topological polar surface area (TPSA) is 119 Å². The fourth-order valence-corrected chi connectivity index (χ4v) is 6.47. The van der Waals surface area contributed by atoms with Crippen molar-refractivity contribution < 1.29 is 31.7 Å². The van der Waals surface area contributed by atoms with Gasteiger partial charge < -0.3 is 14.2 Å². The number of nitrogens with zero attached hydrogens (tertiary/aromatic N) is 1. The van der Waals surface area contributed by atoms with E-state index in [-0.39, 0.29) is 39.0 Å². The second-order valence-electron chi connectivity index (χ2n) is 8.17. The summed E-state index contributed by atoms with van der Waals surface area (Å²) < 4.78 is 38.0. The predicted molar refractivity (Wildman–Crippen MR) is 160 cm³/mol. The molecule has 0 bridgehead atoms. The van der Waals surface area contributed by atoms with Gasteiger partial charge in [0, 0.05) is 17.1 Å². The van der Waals surface area contributed by atoms with Gasteiger partial charge in [-0.2, -0.15) is 8.42 Å². The minimum atomic E-state index is -4.23. The Balaban J connectivity index is 1.56. The lowest BCUT2D eigenvalue weighted by Gasteiger charge is -2.14. The summed E-state index contributed by atoms with van der Waals surface area (Å²) in [5, 5.41) is 2.18. The fourth-order valence-electron chi connectivity index (χ4n) is 3.53. The van der Waals surface area contributed by atoms with E-state index in [0.717, 1.165) is 21.8 Å². The van der Waals surface area contributed by atoms with Gasteiger partial charge in [-0.15, -0.1) is 0 Å². The molecule has 3 aromatic rings. The zero-order chi connectivity index (χ0) is 28.3. The lowest BCUT2D eigenvalue weighted by atomic mass is 10.1. The van der Waals surface area contributed by atoms with Crippen molar-refractivity contribution in [3.05, 3.63) is 84.7 Å². The van der Waals surface area contributed by atoms with Crippen LogP contribution in [0.25, 0.3) is 6.08 Å². The average molecular weight is 743 g/mol. The lowest BCUT2D eigenvalue weighted by Crippen LogP contribution is -2.27. The van der Waals surface area contributed by atoms with Gasteiger partial charge in [-0.3, -0.25) is 19.3 Å². The van der Waals surface area contributed by atoms with Crippen LogP contribution in [0.3, 0.4) is 0 Å². The third-order valence-electron chi connectivity index (χ3n) is 5.33. The van der Waals surface area contributed by atoms with Gasteiger partial charge in [-0.25, -0.2) is 0 Å². The molecule has 1 aliphatic heterocycles. The number of carbonyl (C=O) groups is 3. The highest BCUT2D eigenvalue weighted by atomic mass is 127. The molecule has 1 fully saturated rings. The van der Waals surface area contributed by atoms with E-state index in [2.05, 4.69) is 21.2 Å². The minimum absolute atomic E-state index is 0.0236. The number of rotatable bonds is 8. The molecular formula is C26H20BrIN2O7S2.